The van der Waals surface area contributed by atoms with Crippen molar-refractivity contribution < 1.29 is 27.4 Å². The molecule has 5 nitrogen and oxygen atoms in total. The van der Waals surface area contributed by atoms with Crippen molar-refractivity contribution in [1.29, 1.82) is 5.26 Å². The van der Waals surface area contributed by atoms with Gasteiger partial charge in [-0.25, -0.2) is 0 Å². The average Bonchev–Trinajstić information content (AvgIpc) is 2.89. The summed E-state index contributed by atoms with van der Waals surface area (Å²) in [5, 5.41) is 21.6. The average molecular weight is 615 g/mol. The van der Waals surface area contributed by atoms with Gasteiger partial charge in [-0.1, -0.05) is 60.6 Å². The molecule has 43 heavy (non-hydrogen) atoms. The summed E-state index contributed by atoms with van der Waals surface area (Å²) in [6, 6.07) is 5.00. The first kappa shape index (κ1) is 33.4. The van der Waals surface area contributed by atoms with Crippen molar-refractivity contribution in [2.75, 3.05) is 13.2 Å². The Labute approximate surface area is 255 Å². The van der Waals surface area contributed by atoms with E-state index in [9.17, 15) is 23.5 Å². The molecule has 0 spiro atoms. The van der Waals surface area contributed by atoms with Crippen molar-refractivity contribution in [3.8, 4) is 6.07 Å². The third kappa shape index (κ3) is 6.78. The van der Waals surface area contributed by atoms with Gasteiger partial charge in [0.05, 0.1) is 36.5 Å². The molecular weight excluding hydrogens is 569 g/mol. The van der Waals surface area contributed by atoms with Gasteiger partial charge >= 0.3 is 6.18 Å². The molecule has 2 atom stereocenters. The van der Waals surface area contributed by atoms with Crippen LogP contribution in [0.3, 0.4) is 0 Å². The first-order chi connectivity index (χ1) is 19.8. The molecule has 0 amide bonds. The predicted octanol–water partition coefficient (Wildman–Crippen LogP) is 9.02. The van der Waals surface area contributed by atoms with Crippen LogP contribution in [0.15, 0.2) is 24.3 Å². The molecule has 1 aliphatic carbocycles. The zero-order chi connectivity index (χ0) is 32.1. The summed E-state index contributed by atoms with van der Waals surface area (Å²) in [5.74, 6) is -0.0798. The van der Waals surface area contributed by atoms with E-state index in [1.54, 1.807) is 6.07 Å². The lowest BCUT2D eigenvalue weighted by Crippen LogP contribution is -2.44. The van der Waals surface area contributed by atoms with Crippen LogP contribution in [0.4, 0.5) is 13.2 Å². The number of fused-ring (bicyclic) bond motifs is 1. The van der Waals surface area contributed by atoms with Gasteiger partial charge in [0, 0.05) is 22.5 Å². The summed E-state index contributed by atoms with van der Waals surface area (Å²) >= 11 is 0. The summed E-state index contributed by atoms with van der Waals surface area (Å²) < 4.78 is 53.7. The van der Waals surface area contributed by atoms with Gasteiger partial charge in [0.25, 0.3) is 0 Å². The second kappa shape index (κ2) is 11.8. The summed E-state index contributed by atoms with van der Waals surface area (Å²) in [5.41, 5.74) is 3.72. The topological polar surface area (TPSA) is 75.4 Å². The first-order valence-electron chi connectivity index (χ1n) is 15.1. The number of halogens is 3. The Bertz CT molecular complexity index is 1450. The number of hydrogen-bond acceptors (Lipinski definition) is 5. The molecular formula is C34H45F3N2O3Si. The van der Waals surface area contributed by atoms with Gasteiger partial charge in [-0.15, -0.1) is 0 Å². The second-order valence-electron chi connectivity index (χ2n) is 14.6. The molecule has 1 aromatic heterocycles. The first-order valence-corrected chi connectivity index (χ1v) is 18.0. The molecule has 1 unspecified atom stereocenters. The number of pyridine rings is 1. The molecule has 0 saturated carbocycles. The van der Waals surface area contributed by atoms with E-state index >= 15 is 0 Å². The van der Waals surface area contributed by atoms with E-state index in [1.807, 2.05) is 19.9 Å². The molecule has 4 rings (SSSR count). The van der Waals surface area contributed by atoms with Gasteiger partial charge in [-0.2, -0.15) is 18.4 Å². The van der Waals surface area contributed by atoms with Crippen molar-refractivity contribution in [2.24, 2.45) is 5.41 Å². The fourth-order valence-electron chi connectivity index (χ4n) is 5.98. The molecule has 1 N–H and O–H groups in total. The maximum absolute atomic E-state index is 13.6. The fraction of sp³-hybridized carbons (Fsp3) is 0.588. The highest BCUT2D eigenvalue weighted by molar-refractivity contribution is 6.74. The minimum Gasteiger partial charge on any atom is -0.410 e. The van der Waals surface area contributed by atoms with Crippen LogP contribution in [0.5, 0.6) is 0 Å². The van der Waals surface area contributed by atoms with E-state index in [0.29, 0.717) is 30.9 Å². The quantitative estimate of drug-likeness (QED) is 0.329. The van der Waals surface area contributed by atoms with Crippen LogP contribution in [-0.2, 0) is 21.8 Å². The lowest BCUT2D eigenvalue weighted by molar-refractivity contribution is -0.137. The van der Waals surface area contributed by atoms with Crippen LogP contribution in [0.1, 0.15) is 124 Å². The lowest BCUT2D eigenvalue weighted by Gasteiger charge is -2.45. The lowest BCUT2D eigenvalue weighted by atomic mass is 9.71. The Hall–Kier alpha value is -2.51. The molecule has 2 aliphatic rings. The maximum Gasteiger partial charge on any atom is 0.417 e. The number of aliphatic hydroxyl groups excluding tert-OH is 1. The van der Waals surface area contributed by atoms with Crippen LogP contribution < -0.4 is 0 Å². The molecule has 1 aromatic carbocycles. The van der Waals surface area contributed by atoms with Crippen LogP contribution in [0.25, 0.3) is 5.57 Å². The Morgan fingerprint density at radius 3 is 2.40 bits per heavy atom. The third-order valence-electron chi connectivity index (χ3n) is 9.22. The molecule has 0 saturated heterocycles. The predicted molar refractivity (Wildman–Crippen MR) is 165 cm³/mol. The number of benzene rings is 1. The minimum atomic E-state index is -4.68. The van der Waals surface area contributed by atoms with Crippen molar-refractivity contribution >= 4 is 13.9 Å². The molecule has 0 fully saturated rings. The number of nitriles is 1. The van der Waals surface area contributed by atoms with Crippen molar-refractivity contribution in [1.82, 2.24) is 4.98 Å². The second-order valence-corrected chi connectivity index (χ2v) is 19.3. The molecule has 9 heteroatoms. The van der Waals surface area contributed by atoms with E-state index in [4.69, 9.17) is 14.1 Å². The van der Waals surface area contributed by atoms with Crippen LogP contribution >= 0.6 is 0 Å². The molecule has 1 aliphatic heterocycles. The standard InChI is InChI=1S/C34H45F3N2O3Si/c1-20(2)30-29(31(40)22-10-11-24(34(35,36)37)23(16-22)19-38)27(21-12-14-41-15-13-21)28-25(39-30)17-33(6,7)18-26(28)42-43(8,9)32(3,4)5/h10-12,16,20,26,31,40H,13-15,17-18H2,1-9H3/t26-,31?/m1/s1. The van der Waals surface area contributed by atoms with Gasteiger partial charge in [-0.3, -0.25) is 4.98 Å². The van der Waals surface area contributed by atoms with Crippen molar-refractivity contribution in [2.45, 2.75) is 110 Å². The number of hydrogen-bond donors (Lipinski definition) is 1. The van der Waals surface area contributed by atoms with Gasteiger partial charge < -0.3 is 14.3 Å². The highest BCUT2D eigenvalue weighted by atomic mass is 28.4. The molecule has 0 bridgehead atoms. The van der Waals surface area contributed by atoms with E-state index in [2.05, 4.69) is 47.7 Å². The summed E-state index contributed by atoms with van der Waals surface area (Å²) in [7, 11) is -2.25. The SMILES string of the molecule is CC(C)c1nc2c(c(C3=CCOCC3)c1C(O)c1ccc(C(F)(F)F)c(C#N)c1)[C@H](O[Si](C)(C)C(C)(C)C)CC(C)(C)C2. The number of ether oxygens (including phenoxy) is 1. The molecule has 2 heterocycles. The van der Waals surface area contributed by atoms with Crippen molar-refractivity contribution in [3.05, 3.63) is 69.0 Å². The smallest absolute Gasteiger partial charge is 0.410 e. The van der Waals surface area contributed by atoms with Crippen LogP contribution in [0.2, 0.25) is 18.1 Å². The number of aromatic nitrogens is 1. The molecule has 234 valence electrons. The molecule has 2 aromatic rings. The Morgan fingerprint density at radius 1 is 1.19 bits per heavy atom. The number of nitrogens with zero attached hydrogens (tertiary/aromatic N) is 2. The van der Waals surface area contributed by atoms with Gasteiger partial charge in [0.1, 0.15) is 6.10 Å². The number of alkyl halides is 3. The summed E-state index contributed by atoms with van der Waals surface area (Å²) in [6.45, 7) is 20.5. The van der Waals surface area contributed by atoms with E-state index in [1.165, 1.54) is 6.07 Å². The fourth-order valence-corrected chi connectivity index (χ4v) is 7.25. The molecule has 0 radical (unpaired) electrons. The zero-order valence-corrected chi connectivity index (χ0v) is 27.9. The van der Waals surface area contributed by atoms with E-state index in [0.717, 1.165) is 47.4 Å². The number of rotatable bonds is 6. The normalized spacial score (nSPS) is 19.9. The van der Waals surface area contributed by atoms with Gasteiger partial charge in [0.15, 0.2) is 8.32 Å². The van der Waals surface area contributed by atoms with Gasteiger partial charge in [0.2, 0.25) is 0 Å². The monoisotopic (exact) mass is 614 g/mol. The minimum absolute atomic E-state index is 0.0333. The maximum atomic E-state index is 13.6. The largest absolute Gasteiger partial charge is 0.417 e. The van der Waals surface area contributed by atoms with Crippen LogP contribution in [0, 0.1) is 16.7 Å². The van der Waals surface area contributed by atoms with E-state index in [-0.39, 0.29) is 28.0 Å². The summed E-state index contributed by atoms with van der Waals surface area (Å²) in [6.07, 6.45) is -2.06. The summed E-state index contributed by atoms with van der Waals surface area (Å²) in [4.78, 5) is 5.22. The van der Waals surface area contributed by atoms with Gasteiger partial charge in [-0.05, 0) is 77.6 Å². The Balaban J connectivity index is 2.05. The Kier molecular flexibility index (Phi) is 9.14. The number of aliphatic hydroxyl groups is 1. The highest BCUT2D eigenvalue weighted by Gasteiger charge is 2.45. The van der Waals surface area contributed by atoms with Crippen LogP contribution in [-0.4, -0.2) is 31.6 Å². The van der Waals surface area contributed by atoms with E-state index < -0.39 is 31.7 Å². The zero-order valence-electron chi connectivity index (χ0n) is 26.9. The van der Waals surface area contributed by atoms with Crippen molar-refractivity contribution in [3.63, 3.8) is 0 Å². The third-order valence-corrected chi connectivity index (χ3v) is 13.7. The highest BCUT2D eigenvalue weighted by Crippen LogP contribution is 2.51. The Morgan fingerprint density at radius 2 is 1.86 bits per heavy atom.